The van der Waals surface area contributed by atoms with Crippen LogP contribution in [0, 0.1) is 11.8 Å². The molecule has 0 bridgehead atoms. The average molecular weight is 242 g/mol. The van der Waals surface area contributed by atoms with Crippen molar-refractivity contribution in [1.29, 1.82) is 0 Å². The lowest BCUT2D eigenvalue weighted by atomic mass is 9.96. The minimum Gasteiger partial charge on any atom is -0.395 e. The number of amides is 1. The van der Waals surface area contributed by atoms with Gasteiger partial charge in [0.05, 0.1) is 6.61 Å². The lowest BCUT2D eigenvalue weighted by Gasteiger charge is -2.29. The highest BCUT2D eigenvalue weighted by atomic mass is 16.3. The van der Waals surface area contributed by atoms with E-state index in [1.807, 2.05) is 11.8 Å². The van der Waals surface area contributed by atoms with Crippen molar-refractivity contribution in [3.8, 4) is 0 Å². The zero-order chi connectivity index (χ0) is 12.8. The highest BCUT2D eigenvalue weighted by molar-refractivity contribution is 5.78. The molecule has 17 heavy (non-hydrogen) atoms. The second kappa shape index (κ2) is 6.97. The highest BCUT2D eigenvalue weighted by Gasteiger charge is 2.25. The van der Waals surface area contributed by atoms with Crippen LogP contribution < -0.4 is 5.32 Å². The van der Waals surface area contributed by atoms with E-state index in [-0.39, 0.29) is 18.4 Å². The van der Waals surface area contributed by atoms with E-state index >= 15 is 0 Å². The zero-order valence-corrected chi connectivity index (χ0v) is 11.3. The summed E-state index contributed by atoms with van der Waals surface area (Å²) in [5.74, 6) is 0.547. The van der Waals surface area contributed by atoms with Crippen LogP contribution in [0.2, 0.25) is 0 Å². The van der Waals surface area contributed by atoms with Crippen LogP contribution >= 0.6 is 0 Å². The Labute approximate surface area is 104 Å². The molecule has 0 aromatic heterocycles. The maximum absolute atomic E-state index is 12.2. The summed E-state index contributed by atoms with van der Waals surface area (Å²) in [6, 6.07) is 0.407. The predicted molar refractivity (Wildman–Crippen MR) is 68.7 cm³/mol. The van der Waals surface area contributed by atoms with Gasteiger partial charge in [0, 0.05) is 25.0 Å². The summed E-state index contributed by atoms with van der Waals surface area (Å²) in [5.41, 5.74) is 0. The second-order valence-electron chi connectivity index (χ2n) is 5.33. The van der Waals surface area contributed by atoms with Crippen LogP contribution in [0.25, 0.3) is 0 Å². The smallest absolute Gasteiger partial charge is 0.225 e. The van der Waals surface area contributed by atoms with Crippen molar-refractivity contribution in [3.63, 3.8) is 0 Å². The van der Waals surface area contributed by atoms with Gasteiger partial charge in [-0.05, 0) is 25.3 Å². The first-order chi connectivity index (χ1) is 8.06. The largest absolute Gasteiger partial charge is 0.395 e. The number of carbonyl (C=O) groups is 1. The SMILES string of the molecule is CC(C)C(C)C(=O)N(CCO)CC1CCCN1. The third-order valence-electron chi connectivity index (χ3n) is 3.67. The van der Waals surface area contributed by atoms with Crippen molar-refractivity contribution in [2.75, 3.05) is 26.2 Å². The first kappa shape index (κ1) is 14.5. The maximum atomic E-state index is 12.2. The summed E-state index contributed by atoms with van der Waals surface area (Å²) in [5, 5.41) is 12.5. The highest BCUT2D eigenvalue weighted by Crippen LogP contribution is 2.15. The Hall–Kier alpha value is -0.610. The van der Waals surface area contributed by atoms with Crippen LogP contribution in [-0.4, -0.2) is 48.2 Å². The topological polar surface area (TPSA) is 52.6 Å². The molecule has 1 saturated heterocycles. The van der Waals surface area contributed by atoms with Crippen LogP contribution in [0.3, 0.4) is 0 Å². The third-order valence-corrected chi connectivity index (χ3v) is 3.67. The number of nitrogens with one attached hydrogen (secondary N) is 1. The third kappa shape index (κ3) is 4.28. The van der Waals surface area contributed by atoms with Gasteiger partial charge < -0.3 is 15.3 Å². The van der Waals surface area contributed by atoms with Crippen molar-refractivity contribution in [2.45, 2.75) is 39.7 Å². The van der Waals surface area contributed by atoms with Gasteiger partial charge >= 0.3 is 0 Å². The van der Waals surface area contributed by atoms with E-state index in [1.54, 1.807) is 0 Å². The monoisotopic (exact) mass is 242 g/mol. The fraction of sp³-hybridized carbons (Fsp3) is 0.923. The Kier molecular flexibility index (Phi) is 5.92. The maximum Gasteiger partial charge on any atom is 0.225 e. The Morgan fingerprint density at radius 2 is 2.18 bits per heavy atom. The van der Waals surface area contributed by atoms with E-state index in [0.717, 1.165) is 19.5 Å². The van der Waals surface area contributed by atoms with Crippen molar-refractivity contribution in [1.82, 2.24) is 10.2 Å². The molecule has 0 aliphatic carbocycles. The van der Waals surface area contributed by atoms with E-state index in [0.29, 0.717) is 18.5 Å². The van der Waals surface area contributed by atoms with Gasteiger partial charge in [-0.1, -0.05) is 20.8 Å². The van der Waals surface area contributed by atoms with Gasteiger partial charge in [0.2, 0.25) is 5.91 Å². The lowest BCUT2D eigenvalue weighted by Crippen LogP contribution is -2.45. The Bertz CT molecular complexity index is 238. The van der Waals surface area contributed by atoms with Gasteiger partial charge in [-0.2, -0.15) is 0 Å². The number of carbonyl (C=O) groups excluding carboxylic acids is 1. The fourth-order valence-electron chi connectivity index (χ4n) is 2.16. The minimum absolute atomic E-state index is 0.0305. The van der Waals surface area contributed by atoms with Gasteiger partial charge in [0.15, 0.2) is 0 Å². The molecule has 2 unspecified atom stereocenters. The predicted octanol–water partition coefficient (Wildman–Crippen LogP) is 0.851. The molecule has 1 amide bonds. The molecule has 0 aromatic carbocycles. The minimum atomic E-state index is 0.0305. The summed E-state index contributed by atoms with van der Waals surface area (Å²) in [4.78, 5) is 14.1. The van der Waals surface area contributed by atoms with Gasteiger partial charge in [-0.25, -0.2) is 0 Å². The molecule has 4 heteroatoms. The molecule has 1 rings (SSSR count). The van der Waals surface area contributed by atoms with Crippen molar-refractivity contribution in [3.05, 3.63) is 0 Å². The molecule has 0 radical (unpaired) electrons. The quantitative estimate of drug-likeness (QED) is 0.726. The normalized spacial score (nSPS) is 21.8. The van der Waals surface area contributed by atoms with Crippen LogP contribution in [0.1, 0.15) is 33.6 Å². The van der Waals surface area contributed by atoms with Gasteiger partial charge in [0.1, 0.15) is 0 Å². The van der Waals surface area contributed by atoms with Crippen LogP contribution in [0.15, 0.2) is 0 Å². The molecule has 1 fully saturated rings. The number of hydrogen-bond acceptors (Lipinski definition) is 3. The molecule has 0 saturated carbocycles. The average Bonchev–Trinajstić information content (AvgIpc) is 2.79. The molecule has 1 aliphatic rings. The fourth-order valence-corrected chi connectivity index (χ4v) is 2.16. The lowest BCUT2D eigenvalue weighted by molar-refractivity contribution is -0.137. The Morgan fingerprint density at radius 1 is 1.47 bits per heavy atom. The van der Waals surface area contributed by atoms with Crippen LogP contribution in [-0.2, 0) is 4.79 Å². The molecular formula is C13H26N2O2. The summed E-state index contributed by atoms with van der Waals surface area (Å²) in [7, 11) is 0. The number of rotatable bonds is 6. The molecule has 1 aliphatic heterocycles. The van der Waals surface area contributed by atoms with Crippen LogP contribution in [0.5, 0.6) is 0 Å². The number of aliphatic hydroxyl groups excluding tert-OH is 1. The van der Waals surface area contributed by atoms with E-state index in [4.69, 9.17) is 5.11 Å². The van der Waals surface area contributed by atoms with Crippen molar-refractivity contribution in [2.24, 2.45) is 11.8 Å². The first-order valence-electron chi connectivity index (χ1n) is 6.69. The van der Waals surface area contributed by atoms with Crippen LogP contribution in [0.4, 0.5) is 0 Å². The van der Waals surface area contributed by atoms with Gasteiger partial charge in [0.25, 0.3) is 0 Å². The van der Waals surface area contributed by atoms with E-state index < -0.39 is 0 Å². The number of nitrogens with zero attached hydrogens (tertiary/aromatic N) is 1. The summed E-state index contributed by atoms with van der Waals surface area (Å²) in [6.45, 7) is 8.37. The standard InChI is InChI=1S/C13H26N2O2/c1-10(2)11(3)13(17)15(7-8-16)9-12-5-4-6-14-12/h10-12,14,16H,4-9H2,1-3H3. The Morgan fingerprint density at radius 3 is 2.65 bits per heavy atom. The molecule has 4 nitrogen and oxygen atoms in total. The van der Waals surface area contributed by atoms with E-state index in [1.165, 1.54) is 6.42 Å². The molecule has 1 heterocycles. The van der Waals surface area contributed by atoms with Crippen molar-refractivity contribution < 1.29 is 9.90 Å². The van der Waals surface area contributed by atoms with Gasteiger partial charge in [-0.15, -0.1) is 0 Å². The summed E-state index contributed by atoms with van der Waals surface area (Å²) < 4.78 is 0. The summed E-state index contributed by atoms with van der Waals surface area (Å²) in [6.07, 6.45) is 2.32. The zero-order valence-electron chi connectivity index (χ0n) is 11.3. The molecular weight excluding hydrogens is 216 g/mol. The molecule has 0 spiro atoms. The van der Waals surface area contributed by atoms with E-state index in [2.05, 4.69) is 19.2 Å². The first-order valence-corrected chi connectivity index (χ1v) is 6.69. The summed E-state index contributed by atoms with van der Waals surface area (Å²) >= 11 is 0. The molecule has 2 atom stereocenters. The molecule has 100 valence electrons. The molecule has 2 N–H and O–H groups in total. The van der Waals surface area contributed by atoms with Gasteiger partial charge in [-0.3, -0.25) is 4.79 Å². The molecule has 0 aromatic rings. The van der Waals surface area contributed by atoms with E-state index in [9.17, 15) is 4.79 Å². The van der Waals surface area contributed by atoms with Crippen molar-refractivity contribution >= 4 is 5.91 Å². The number of hydrogen-bond donors (Lipinski definition) is 2. The number of aliphatic hydroxyl groups is 1. The second-order valence-corrected chi connectivity index (χ2v) is 5.33. The Balaban J connectivity index is 2.53.